The Kier molecular flexibility index (Phi) is 7.59. The van der Waals surface area contributed by atoms with Crippen molar-refractivity contribution in [3.8, 4) is 11.5 Å². The monoisotopic (exact) mass is 495 g/mol. The molecule has 0 aliphatic rings. The number of nitrogens with zero attached hydrogens (tertiary/aromatic N) is 3. The van der Waals surface area contributed by atoms with E-state index in [4.69, 9.17) is 16.3 Å². The smallest absolute Gasteiger partial charge is 0.232 e. The van der Waals surface area contributed by atoms with Crippen LogP contribution in [0.15, 0.2) is 61.1 Å². The number of ether oxygens (including phenoxy) is 1. The van der Waals surface area contributed by atoms with Gasteiger partial charge in [0.25, 0.3) is 0 Å². The molecule has 176 valence electrons. The SMILES string of the molecule is CSC(C)C(=O)NCCn1ccc2ncnc(Nc3ccc(Oc4cccc(Cl)c4)c(C)c3)c21. The molecule has 0 saturated heterocycles. The van der Waals surface area contributed by atoms with Gasteiger partial charge in [-0.3, -0.25) is 4.79 Å². The molecule has 2 aromatic heterocycles. The average molecular weight is 496 g/mol. The molecule has 0 radical (unpaired) electrons. The summed E-state index contributed by atoms with van der Waals surface area (Å²) in [4.78, 5) is 20.9. The minimum atomic E-state index is -0.0731. The molecule has 4 aromatic rings. The molecule has 0 aliphatic heterocycles. The molecule has 4 rings (SSSR count). The third kappa shape index (κ3) is 5.63. The number of hydrogen-bond donors (Lipinski definition) is 2. The van der Waals surface area contributed by atoms with Crippen LogP contribution in [0, 0.1) is 6.92 Å². The molecule has 0 spiro atoms. The summed E-state index contributed by atoms with van der Waals surface area (Å²) in [5.41, 5.74) is 3.56. The quantitative estimate of drug-likeness (QED) is 0.305. The molecular formula is C25H26ClN5O2S. The molecule has 0 bridgehead atoms. The third-order valence-electron chi connectivity index (χ3n) is 5.39. The number of nitrogens with one attached hydrogen (secondary N) is 2. The number of carbonyl (C=O) groups excluding carboxylic acids is 1. The predicted molar refractivity (Wildman–Crippen MR) is 140 cm³/mol. The Morgan fingerprint density at radius 1 is 1.21 bits per heavy atom. The van der Waals surface area contributed by atoms with Crippen LogP contribution in [0.5, 0.6) is 11.5 Å². The van der Waals surface area contributed by atoms with Gasteiger partial charge < -0.3 is 19.9 Å². The molecule has 2 aromatic carbocycles. The van der Waals surface area contributed by atoms with Crippen LogP contribution in [0.25, 0.3) is 11.0 Å². The van der Waals surface area contributed by atoms with Gasteiger partial charge in [0, 0.05) is 30.0 Å². The van der Waals surface area contributed by atoms with Crippen LogP contribution < -0.4 is 15.4 Å². The first kappa shape index (κ1) is 23.9. The predicted octanol–water partition coefficient (Wildman–Crippen LogP) is 5.80. The molecule has 0 saturated carbocycles. The van der Waals surface area contributed by atoms with Gasteiger partial charge in [-0.1, -0.05) is 17.7 Å². The first-order chi connectivity index (χ1) is 16.4. The van der Waals surface area contributed by atoms with Crippen LogP contribution in [0.4, 0.5) is 11.5 Å². The molecule has 0 fully saturated rings. The van der Waals surface area contributed by atoms with Crippen molar-refractivity contribution in [1.29, 1.82) is 0 Å². The van der Waals surface area contributed by atoms with Crippen molar-refractivity contribution in [3.63, 3.8) is 0 Å². The van der Waals surface area contributed by atoms with E-state index in [1.54, 1.807) is 12.4 Å². The summed E-state index contributed by atoms with van der Waals surface area (Å²) >= 11 is 7.59. The van der Waals surface area contributed by atoms with E-state index in [2.05, 4.69) is 20.6 Å². The van der Waals surface area contributed by atoms with Crippen LogP contribution in [-0.4, -0.2) is 38.5 Å². The minimum Gasteiger partial charge on any atom is -0.457 e. The average Bonchev–Trinajstić information content (AvgIpc) is 3.24. The Morgan fingerprint density at radius 3 is 2.82 bits per heavy atom. The van der Waals surface area contributed by atoms with Gasteiger partial charge >= 0.3 is 0 Å². The normalized spacial score (nSPS) is 11.9. The van der Waals surface area contributed by atoms with Crippen molar-refractivity contribution >= 4 is 51.8 Å². The number of fused-ring (bicyclic) bond motifs is 1. The lowest BCUT2D eigenvalue weighted by molar-refractivity contribution is -0.120. The largest absolute Gasteiger partial charge is 0.457 e. The molecule has 1 atom stereocenters. The van der Waals surface area contributed by atoms with Gasteiger partial charge in [0.15, 0.2) is 5.82 Å². The van der Waals surface area contributed by atoms with Crippen molar-refractivity contribution in [2.75, 3.05) is 18.1 Å². The highest BCUT2D eigenvalue weighted by Gasteiger charge is 2.13. The summed E-state index contributed by atoms with van der Waals surface area (Å²) in [5, 5.41) is 6.93. The number of aromatic nitrogens is 3. The van der Waals surface area contributed by atoms with Crippen molar-refractivity contribution in [2.45, 2.75) is 25.6 Å². The second kappa shape index (κ2) is 10.8. The van der Waals surface area contributed by atoms with Gasteiger partial charge in [-0.15, -0.1) is 0 Å². The highest BCUT2D eigenvalue weighted by atomic mass is 35.5. The number of halogens is 1. The van der Waals surface area contributed by atoms with Crippen LogP contribution in [-0.2, 0) is 11.3 Å². The molecule has 2 heterocycles. The van der Waals surface area contributed by atoms with Gasteiger partial charge in [-0.05, 0) is 68.1 Å². The number of amides is 1. The maximum atomic E-state index is 12.1. The molecule has 1 amide bonds. The Bertz CT molecular complexity index is 1310. The summed E-state index contributed by atoms with van der Waals surface area (Å²) in [6, 6.07) is 15.1. The Hall–Kier alpha value is -3.23. The Labute approximate surface area is 207 Å². The van der Waals surface area contributed by atoms with Gasteiger partial charge in [-0.2, -0.15) is 11.8 Å². The first-order valence-electron chi connectivity index (χ1n) is 10.9. The highest BCUT2D eigenvalue weighted by molar-refractivity contribution is 7.99. The van der Waals surface area contributed by atoms with E-state index < -0.39 is 0 Å². The molecule has 2 N–H and O–H groups in total. The number of thioether (sulfide) groups is 1. The minimum absolute atomic E-state index is 0.0362. The summed E-state index contributed by atoms with van der Waals surface area (Å²) in [6.07, 6.45) is 5.43. The summed E-state index contributed by atoms with van der Waals surface area (Å²) in [7, 11) is 0. The fourth-order valence-corrected chi connectivity index (χ4v) is 3.97. The van der Waals surface area contributed by atoms with E-state index in [0.717, 1.165) is 28.0 Å². The van der Waals surface area contributed by atoms with Gasteiger partial charge in [0.2, 0.25) is 5.91 Å². The second-order valence-electron chi connectivity index (χ2n) is 7.80. The maximum absolute atomic E-state index is 12.1. The van der Waals surface area contributed by atoms with Crippen LogP contribution in [0.1, 0.15) is 12.5 Å². The van der Waals surface area contributed by atoms with E-state index >= 15 is 0 Å². The lowest BCUT2D eigenvalue weighted by Crippen LogP contribution is -2.33. The van der Waals surface area contributed by atoms with Gasteiger partial charge in [0.1, 0.15) is 23.3 Å². The Balaban J connectivity index is 1.50. The van der Waals surface area contributed by atoms with Crippen molar-refractivity contribution in [3.05, 3.63) is 71.6 Å². The van der Waals surface area contributed by atoms with Crippen LogP contribution >= 0.6 is 23.4 Å². The second-order valence-corrected chi connectivity index (χ2v) is 9.41. The number of anilines is 2. The van der Waals surface area contributed by atoms with E-state index in [-0.39, 0.29) is 11.2 Å². The maximum Gasteiger partial charge on any atom is 0.232 e. The molecule has 1 unspecified atom stereocenters. The topological polar surface area (TPSA) is 81.1 Å². The van der Waals surface area contributed by atoms with E-state index in [9.17, 15) is 4.79 Å². The number of benzene rings is 2. The number of carbonyl (C=O) groups is 1. The van der Waals surface area contributed by atoms with Crippen LogP contribution in [0.2, 0.25) is 5.02 Å². The molecule has 7 nitrogen and oxygen atoms in total. The summed E-state index contributed by atoms with van der Waals surface area (Å²) < 4.78 is 8.03. The van der Waals surface area contributed by atoms with E-state index in [1.807, 2.05) is 73.3 Å². The van der Waals surface area contributed by atoms with Crippen molar-refractivity contribution in [1.82, 2.24) is 19.9 Å². The zero-order valence-corrected chi connectivity index (χ0v) is 20.8. The van der Waals surface area contributed by atoms with Gasteiger partial charge in [0.05, 0.1) is 10.8 Å². The van der Waals surface area contributed by atoms with E-state index in [0.29, 0.717) is 29.7 Å². The lowest BCUT2D eigenvalue weighted by Gasteiger charge is -2.14. The van der Waals surface area contributed by atoms with Crippen LogP contribution in [0.3, 0.4) is 0 Å². The summed E-state index contributed by atoms with van der Waals surface area (Å²) in [5.74, 6) is 2.17. The summed E-state index contributed by atoms with van der Waals surface area (Å²) in [6.45, 7) is 5.02. The van der Waals surface area contributed by atoms with Crippen molar-refractivity contribution in [2.24, 2.45) is 0 Å². The number of aryl methyl sites for hydroxylation is 1. The molecule has 0 aliphatic carbocycles. The fraction of sp³-hybridized carbons (Fsp3) is 0.240. The number of hydrogen-bond acceptors (Lipinski definition) is 6. The zero-order chi connectivity index (χ0) is 24.1. The van der Waals surface area contributed by atoms with Gasteiger partial charge in [-0.25, -0.2) is 9.97 Å². The first-order valence-corrected chi connectivity index (χ1v) is 12.5. The van der Waals surface area contributed by atoms with Crippen molar-refractivity contribution < 1.29 is 9.53 Å². The van der Waals surface area contributed by atoms with E-state index in [1.165, 1.54) is 11.8 Å². The fourth-order valence-electron chi connectivity index (χ4n) is 3.50. The Morgan fingerprint density at radius 2 is 2.06 bits per heavy atom. The zero-order valence-electron chi connectivity index (χ0n) is 19.2. The molecule has 34 heavy (non-hydrogen) atoms. The highest BCUT2D eigenvalue weighted by Crippen LogP contribution is 2.30. The molecular weight excluding hydrogens is 470 g/mol. The lowest BCUT2D eigenvalue weighted by atomic mass is 10.2. The third-order valence-corrected chi connectivity index (χ3v) is 6.54. The molecule has 9 heteroatoms. The standard InChI is InChI=1S/C25H26ClN5O2S/c1-16-13-19(7-8-22(16)33-20-6-4-5-18(26)14-20)30-24-23-21(28-15-29-24)9-11-31(23)12-10-27-25(32)17(2)34-3/h4-9,11,13-15,17H,10,12H2,1-3H3,(H,27,32)(H,28,29,30). The number of rotatable bonds is 9.